The molecule has 0 heterocycles. The van der Waals surface area contributed by atoms with Crippen LogP contribution in [0.1, 0.15) is 17.5 Å². The predicted octanol–water partition coefficient (Wildman–Crippen LogP) is 1.60. The van der Waals surface area contributed by atoms with Gasteiger partial charge in [-0.15, -0.1) is 0 Å². The van der Waals surface area contributed by atoms with Gasteiger partial charge in [-0.1, -0.05) is 6.07 Å². The maximum Gasteiger partial charge on any atom is 0.161 e. The van der Waals surface area contributed by atoms with E-state index in [0.717, 1.165) is 24.0 Å². The van der Waals surface area contributed by atoms with Crippen LogP contribution in [0.4, 0.5) is 0 Å². The third kappa shape index (κ3) is 2.39. The van der Waals surface area contributed by atoms with E-state index in [9.17, 15) is 5.11 Å². The Morgan fingerprint density at radius 1 is 1.43 bits per heavy atom. The molecule has 0 aliphatic rings. The Labute approximate surface area is 84.5 Å². The SMILES string of the molecule is COc1cc(C)cc(CCCN)c1O. The van der Waals surface area contributed by atoms with Crippen molar-refractivity contribution in [1.82, 2.24) is 0 Å². The monoisotopic (exact) mass is 195 g/mol. The lowest BCUT2D eigenvalue weighted by Crippen LogP contribution is -2.01. The van der Waals surface area contributed by atoms with Crippen molar-refractivity contribution < 1.29 is 9.84 Å². The van der Waals surface area contributed by atoms with Crippen molar-refractivity contribution in [2.75, 3.05) is 13.7 Å². The van der Waals surface area contributed by atoms with Crippen molar-refractivity contribution in [2.45, 2.75) is 19.8 Å². The number of aryl methyl sites for hydroxylation is 2. The predicted molar refractivity (Wildman–Crippen MR) is 56.8 cm³/mol. The molecule has 0 unspecified atom stereocenters. The number of aromatic hydroxyl groups is 1. The molecule has 0 aliphatic heterocycles. The van der Waals surface area contributed by atoms with Gasteiger partial charge in [-0.3, -0.25) is 0 Å². The first-order valence-corrected chi connectivity index (χ1v) is 4.75. The molecule has 1 rings (SSSR count). The molecule has 1 aromatic rings. The lowest BCUT2D eigenvalue weighted by atomic mass is 10.0. The fourth-order valence-electron chi connectivity index (χ4n) is 1.46. The third-order valence-electron chi connectivity index (χ3n) is 2.17. The first-order chi connectivity index (χ1) is 6.69. The van der Waals surface area contributed by atoms with E-state index in [2.05, 4.69) is 0 Å². The number of hydrogen-bond acceptors (Lipinski definition) is 3. The van der Waals surface area contributed by atoms with E-state index in [0.29, 0.717) is 12.3 Å². The van der Waals surface area contributed by atoms with Crippen LogP contribution >= 0.6 is 0 Å². The number of methoxy groups -OCH3 is 1. The second-order valence-corrected chi connectivity index (χ2v) is 3.37. The largest absolute Gasteiger partial charge is 0.504 e. The Morgan fingerprint density at radius 3 is 2.71 bits per heavy atom. The lowest BCUT2D eigenvalue weighted by molar-refractivity contribution is 0.370. The summed E-state index contributed by atoms with van der Waals surface area (Å²) in [5.74, 6) is 0.781. The fourth-order valence-corrected chi connectivity index (χ4v) is 1.46. The number of rotatable bonds is 4. The molecule has 0 saturated heterocycles. The maximum absolute atomic E-state index is 9.77. The molecule has 0 atom stereocenters. The maximum atomic E-state index is 9.77. The number of phenols is 1. The highest BCUT2D eigenvalue weighted by atomic mass is 16.5. The van der Waals surface area contributed by atoms with E-state index in [-0.39, 0.29) is 5.75 Å². The van der Waals surface area contributed by atoms with E-state index >= 15 is 0 Å². The van der Waals surface area contributed by atoms with Crippen molar-refractivity contribution in [1.29, 1.82) is 0 Å². The summed E-state index contributed by atoms with van der Waals surface area (Å²) >= 11 is 0. The third-order valence-corrected chi connectivity index (χ3v) is 2.17. The molecular formula is C11H17NO2. The van der Waals surface area contributed by atoms with Crippen LogP contribution in [0, 0.1) is 6.92 Å². The molecule has 0 bridgehead atoms. The number of hydrogen-bond donors (Lipinski definition) is 2. The summed E-state index contributed by atoms with van der Waals surface area (Å²) < 4.78 is 5.07. The van der Waals surface area contributed by atoms with Crippen molar-refractivity contribution in [3.63, 3.8) is 0 Å². The Balaban J connectivity index is 2.96. The summed E-state index contributed by atoms with van der Waals surface area (Å²) in [5.41, 5.74) is 7.42. The molecule has 0 aromatic heterocycles. The van der Waals surface area contributed by atoms with Gasteiger partial charge in [0.1, 0.15) is 0 Å². The van der Waals surface area contributed by atoms with Gasteiger partial charge in [0.15, 0.2) is 11.5 Å². The summed E-state index contributed by atoms with van der Waals surface area (Å²) in [4.78, 5) is 0. The molecule has 0 radical (unpaired) electrons. The van der Waals surface area contributed by atoms with Crippen molar-refractivity contribution >= 4 is 0 Å². The van der Waals surface area contributed by atoms with Crippen LogP contribution in [0.25, 0.3) is 0 Å². The second-order valence-electron chi connectivity index (χ2n) is 3.37. The molecular weight excluding hydrogens is 178 g/mol. The zero-order chi connectivity index (χ0) is 10.6. The minimum Gasteiger partial charge on any atom is -0.504 e. The molecule has 0 spiro atoms. The van der Waals surface area contributed by atoms with Crippen LogP contribution in [0.15, 0.2) is 12.1 Å². The average molecular weight is 195 g/mol. The highest BCUT2D eigenvalue weighted by Gasteiger charge is 2.08. The van der Waals surface area contributed by atoms with Crippen molar-refractivity contribution in [3.05, 3.63) is 23.3 Å². The normalized spacial score (nSPS) is 10.2. The van der Waals surface area contributed by atoms with Gasteiger partial charge in [0.25, 0.3) is 0 Å². The zero-order valence-corrected chi connectivity index (χ0v) is 8.71. The van der Waals surface area contributed by atoms with Crippen LogP contribution in [0.3, 0.4) is 0 Å². The van der Waals surface area contributed by atoms with Gasteiger partial charge in [-0.25, -0.2) is 0 Å². The highest BCUT2D eigenvalue weighted by Crippen LogP contribution is 2.31. The molecule has 1 aromatic carbocycles. The Kier molecular flexibility index (Phi) is 3.77. The van der Waals surface area contributed by atoms with Crippen LogP contribution < -0.4 is 10.5 Å². The van der Waals surface area contributed by atoms with Gasteiger partial charge >= 0.3 is 0 Å². The van der Waals surface area contributed by atoms with Gasteiger partial charge in [0.2, 0.25) is 0 Å². The quantitative estimate of drug-likeness (QED) is 0.767. The Morgan fingerprint density at radius 2 is 2.14 bits per heavy atom. The van der Waals surface area contributed by atoms with Crippen LogP contribution in [0.5, 0.6) is 11.5 Å². The number of benzene rings is 1. The minimum absolute atomic E-state index is 0.242. The molecule has 3 heteroatoms. The average Bonchev–Trinajstić information content (AvgIpc) is 2.18. The topological polar surface area (TPSA) is 55.5 Å². The van der Waals surface area contributed by atoms with E-state index < -0.39 is 0 Å². The van der Waals surface area contributed by atoms with Gasteiger partial charge < -0.3 is 15.6 Å². The number of ether oxygens (including phenoxy) is 1. The fraction of sp³-hybridized carbons (Fsp3) is 0.455. The minimum atomic E-state index is 0.242. The molecule has 0 fully saturated rings. The number of phenolic OH excluding ortho intramolecular Hbond substituents is 1. The van der Waals surface area contributed by atoms with E-state index in [4.69, 9.17) is 10.5 Å². The van der Waals surface area contributed by atoms with Crippen LogP contribution in [-0.2, 0) is 6.42 Å². The molecule has 3 N–H and O–H groups in total. The molecule has 0 saturated carbocycles. The summed E-state index contributed by atoms with van der Waals surface area (Å²) in [5, 5.41) is 9.77. The van der Waals surface area contributed by atoms with E-state index in [1.807, 2.05) is 19.1 Å². The van der Waals surface area contributed by atoms with Gasteiger partial charge in [-0.2, -0.15) is 0 Å². The smallest absolute Gasteiger partial charge is 0.161 e. The van der Waals surface area contributed by atoms with Gasteiger partial charge in [-0.05, 0) is 43.5 Å². The molecule has 3 nitrogen and oxygen atoms in total. The van der Waals surface area contributed by atoms with Crippen molar-refractivity contribution in [3.8, 4) is 11.5 Å². The van der Waals surface area contributed by atoms with Gasteiger partial charge in [0.05, 0.1) is 7.11 Å². The first kappa shape index (κ1) is 10.9. The summed E-state index contributed by atoms with van der Waals surface area (Å²) in [6.07, 6.45) is 1.67. The summed E-state index contributed by atoms with van der Waals surface area (Å²) in [6.45, 7) is 2.61. The van der Waals surface area contributed by atoms with Crippen LogP contribution in [-0.4, -0.2) is 18.8 Å². The Hall–Kier alpha value is -1.22. The second kappa shape index (κ2) is 4.86. The molecule has 78 valence electrons. The first-order valence-electron chi connectivity index (χ1n) is 4.75. The number of nitrogens with two attached hydrogens (primary N) is 1. The van der Waals surface area contributed by atoms with Crippen LogP contribution in [0.2, 0.25) is 0 Å². The summed E-state index contributed by atoms with van der Waals surface area (Å²) in [7, 11) is 1.56. The van der Waals surface area contributed by atoms with Gasteiger partial charge in [0, 0.05) is 0 Å². The highest BCUT2D eigenvalue weighted by molar-refractivity contribution is 5.48. The molecule has 0 aliphatic carbocycles. The standard InChI is InChI=1S/C11H17NO2/c1-8-6-9(4-3-5-12)11(13)10(7-8)14-2/h6-7,13H,3-5,12H2,1-2H3. The molecule has 0 amide bonds. The summed E-state index contributed by atoms with van der Waals surface area (Å²) in [6, 6.07) is 3.79. The lowest BCUT2D eigenvalue weighted by Gasteiger charge is -2.09. The van der Waals surface area contributed by atoms with Crippen molar-refractivity contribution in [2.24, 2.45) is 5.73 Å². The Bertz CT molecular complexity index is 310. The van der Waals surface area contributed by atoms with E-state index in [1.165, 1.54) is 0 Å². The molecule has 14 heavy (non-hydrogen) atoms. The zero-order valence-electron chi connectivity index (χ0n) is 8.71. The van der Waals surface area contributed by atoms with E-state index in [1.54, 1.807) is 7.11 Å².